The van der Waals surface area contributed by atoms with Crippen LogP contribution in [-0.4, -0.2) is 28.7 Å². The van der Waals surface area contributed by atoms with Gasteiger partial charge in [-0.25, -0.2) is 4.39 Å². The van der Waals surface area contributed by atoms with Gasteiger partial charge in [0.2, 0.25) is 0 Å². The molecule has 2 bridgehead atoms. The lowest BCUT2D eigenvalue weighted by Gasteiger charge is -2.71. The average Bonchev–Trinajstić information content (AvgIpc) is 2.99. The molecule has 1 amide bonds. The average molecular weight is 411 g/mol. The van der Waals surface area contributed by atoms with Gasteiger partial charge in [0.05, 0.1) is 5.02 Å². The Hall–Kier alpha value is -1.67. The minimum absolute atomic E-state index is 0.0124. The molecule has 5 rings (SSSR count). The molecule has 0 saturated heterocycles. The van der Waals surface area contributed by atoms with Crippen molar-refractivity contribution in [3.63, 3.8) is 0 Å². The van der Waals surface area contributed by atoms with Gasteiger partial charge < -0.3 is 15.2 Å². The highest BCUT2D eigenvalue weighted by Gasteiger charge is 2.68. The van der Waals surface area contributed by atoms with Crippen molar-refractivity contribution in [3.8, 4) is 5.75 Å². The number of aliphatic hydroxyl groups excluding tert-OH is 1. The molecule has 27 heavy (non-hydrogen) atoms. The van der Waals surface area contributed by atoms with Crippen LogP contribution in [0.25, 0.3) is 0 Å². The summed E-state index contributed by atoms with van der Waals surface area (Å²) in [7, 11) is 0. The normalized spacial score (nSPS) is 26.7. The van der Waals surface area contributed by atoms with Crippen molar-refractivity contribution in [2.45, 2.75) is 43.5 Å². The Kier molecular flexibility index (Phi) is 4.66. The topological polar surface area (TPSA) is 70.6 Å². The van der Waals surface area contributed by atoms with Gasteiger partial charge in [0.15, 0.2) is 6.61 Å². The van der Waals surface area contributed by atoms with Gasteiger partial charge in [-0.2, -0.15) is 0 Å². The number of rotatable bonds is 7. The number of thiophene rings is 1. The molecule has 1 aromatic heterocycles. The number of ether oxygens (including phenoxy) is 1. The second kappa shape index (κ2) is 6.74. The van der Waals surface area contributed by atoms with E-state index in [-0.39, 0.29) is 34.4 Å². The first kappa shape index (κ1) is 18.7. The van der Waals surface area contributed by atoms with Crippen LogP contribution in [0.4, 0.5) is 4.39 Å². The summed E-state index contributed by atoms with van der Waals surface area (Å²) >= 11 is 7.15. The number of aryl methyl sites for hydroxylation is 1. The molecule has 1 unspecified atom stereocenters. The number of hydrogen-bond acceptors (Lipinski definition) is 5. The molecule has 1 aromatic carbocycles. The summed E-state index contributed by atoms with van der Waals surface area (Å²) < 4.78 is 18.7. The molecule has 5 nitrogen and oxygen atoms in total. The molecule has 3 aliphatic rings. The van der Waals surface area contributed by atoms with Crippen LogP contribution in [0.15, 0.2) is 29.6 Å². The minimum atomic E-state index is -0.680. The first-order valence-corrected chi connectivity index (χ1v) is 9.94. The first-order chi connectivity index (χ1) is 12.8. The summed E-state index contributed by atoms with van der Waals surface area (Å²) in [6, 6.07) is 6.04. The molecule has 3 N–H and O–H groups in total. The van der Waals surface area contributed by atoms with Gasteiger partial charge in [0.1, 0.15) is 17.8 Å². The van der Waals surface area contributed by atoms with E-state index in [0.717, 1.165) is 35.8 Å². The molecule has 3 saturated carbocycles. The predicted molar refractivity (Wildman–Crippen MR) is 102 cm³/mol. The second-order valence-corrected chi connectivity index (χ2v) is 8.93. The van der Waals surface area contributed by atoms with Crippen LogP contribution < -0.4 is 15.4 Å². The molecular weight excluding hydrogens is 391 g/mol. The number of benzene rings is 1. The lowest BCUT2D eigenvalue weighted by atomic mass is 9.44. The summed E-state index contributed by atoms with van der Waals surface area (Å²) in [5.74, 6) is -0.563. The van der Waals surface area contributed by atoms with E-state index in [9.17, 15) is 14.3 Å². The van der Waals surface area contributed by atoms with Gasteiger partial charge >= 0.3 is 0 Å². The zero-order valence-corrected chi connectivity index (χ0v) is 16.3. The van der Waals surface area contributed by atoms with E-state index < -0.39 is 12.0 Å². The quantitative estimate of drug-likeness (QED) is 0.612. The van der Waals surface area contributed by atoms with Crippen LogP contribution in [0.3, 0.4) is 0 Å². The largest absolute Gasteiger partial charge is 0.484 e. The molecule has 2 aromatic rings. The van der Waals surface area contributed by atoms with Gasteiger partial charge in [-0.05, 0) is 55.3 Å². The van der Waals surface area contributed by atoms with Gasteiger partial charge in [0.25, 0.3) is 5.91 Å². The van der Waals surface area contributed by atoms with Crippen LogP contribution in [0.2, 0.25) is 5.02 Å². The monoisotopic (exact) mass is 410 g/mol. The zero-order valence-electron chi connectivity index (χ0n) is 14.7. The summed E-state index contributed by atoms with van der Waals surface area (Å²) in [6.45, 7) is 1.82. The van der Waals surface area contributed by atoms with Crippen LogP contribution >= 0.6 is 22.9 Å². The van der Waals surface area contributed by atoms with Gasteiger partial charge in [0, 0.05) is 22.0 Å². The van der Waals surface area contributed by atoms with E-state index in [1.807, 2.05) is 18.4 Å². The van der Waals surface area contributed by atoms with E-state index in [1.165, 1.54) is 23.5 Å². The Balaban J connectivity index is 1.23. The highest BCUT2D eigenvalue weighted by atomic mass is 35.5. The number of aliphatic hydroxyl groups is 1. The third kappa shape index (κ3) is 3.69. The molecule has 3 aliphatic carbocycles. The summed E-state index contributed by atoms with van der Waals surface area (Å²) in [5.41, 5.74) is 0.812. The maximum absolute atomic E-state index is 13.4. The molecule has 3 fully saturated rings. The fourth-order valence-corrected chi connectivity index (χ4v) is 5.03. The second-order valence-electron chi connectivity index (χ2n) is 7.58. The molecule has 0 spiro atoms. The molecular formula is C19H20ClFN2O3S. The van der Waals surface area contributed by atoms with Crippen molar-refractivity contribution in [1.82, 2.24) is 10.6 Å². The lowest BCUT2D eigenvalue weighted by molar-refractivity contribution is -0.150. The number of carbonyl (C=O) groups is 1. The van der Waals surface area contributed by atoms with Crippen molar-refractivity contribution in [1.29, 1.82) is 0 Å². The van der Waals surface area contributed by atoms with E-state index in [1.54, 1.807) is 0 Å². The standard InChI is InChI=1S/C19H20ClFN2O3S/c1-11-4-15(27-7-11)17(25)23-19-8-18(9-19,10-19)22-16(24)6-26-12-2-3-13(20)14(21)5-12/h2-5,7,17,23,25H,6,8-10H2,1H3,(H,22,24). The first-order valence-electron chi connectivity index (χ1n) is 8.68. The number of halogens is 2. The van der Waals surface area contributed by atoms with Gasteiger partial charge in [-0.15, -0.1) is 11.3 Å². The Morgan fingerprint density at radius 2 is 2.11 bits per heavy atom. The molecule has 8 heteroatoms. The number of carbonyl (C=O) groups excluding carboxylic acids is 1. The van der Waals surface area contributed by atoms with Crippen molar-refractivity contribution >= 4 is 28.8 Å². The molecule has 0 aliphatic heterocycles. The summed E-state index contributed by atoms with van der Waals surface area (Å²) in [4.78, 5) is 13.0. The number of hydrogen-bond donors (Lipinski definition) is 3. The van der Waals surface area contributed by atoms with Crippen LogP contribution in [0.5, 0.6) is 5.75 Å². The smallest absolute Gasteiger partial charge is 0.258 e. The van der Waals surface area contributed by atoms with Gasteiger partial charge in [-0.1, -0.05) is 11.6 Å². The predicted octanol–water partition coefficient (Wildman–Crippen LogP) is 3.30. The van der Waals surface area contributed by atoms with Crippen molar-refractivity contribution in [3.05, 3.63) is 50.9 Å². The van der Waals surface area contributed by atoms with Crippen LogP contribution in [0.1, 0.15) is 35.9 Å². The van der Waals surface area contributed by atoms with Crippen molar-refractivity contribution < 1.29 is 19.0 Å². The minimum Gasteiger partial charge on any atom is -0.484 e. The SMILES string of the molecule is Cc1csc(C(O)NC23CC(NC(=O)COc4ccc(Cl)c(F)c4)(C2)C3)c1. The van der Waals surface area contributed by atoms with Gasteiger partial charge in [-0.3, -0.25) is 10.1 Å². The molecule has 1 heterocycles. The lowest BCUT2D eigenvalue weighted by Crippen LogP contribution is -2.83. The Morgan fingerprint density at radius 3 is 2.74 bits per heavy atom. The van der Waals surface area contributed by atoms with Crippen molar-refractivity contribution in [2.75, 3.05) is 6.61 Å². The highest BCUT2D eigenvalue weighted by molar-refractivity contribution is 7.10. The third-order valence-electron chi connectivity index (χ3n) is 5.16. The Labute approximate surface area is 165 Å². The fraction of sp³-hybridized carbons (Fsp3) is 0.421. The number of nitrogens with one attached hydrogen (secondary N) is 2. The van der Waals surface area contributed by atoms with Crippen LogP contribution in [0, 0.1) is 12.7 Å². The van der Waals surface area contributed by atoms with Crippen LogP contribution in [-0.2, 0) is 4.79 Å². The Morgan fingerprint density at radius 1 is 1.37 bits per heavy atom. The maximum Gasteiger partial charge on any atom is 0.258 e. The van der Waals surface area contributed by atoms with E-state index in [0.29, 0.717) is 0 Å². The Bertz CT molecular complexity index is 868. The third-order valence-corrected chi connectivity index (χ3v) is 6.57. The van der Waals surface area contributed by atoms with E-state index in [2.05, 4.69) is 10.6 Å². The van der Waals surface area contributed by atoms with E-state index >= 15 is 0 Å². The molecule has 144 valence electrons. The zero-order chi connectivity index (χ0) is 19.2. The van der Waals surface area contributed by atoms with Crippen molar-refractivity contribution in [2.24, 2.45) is 0 Å². The summed E-state index contributed by atoms with van der Waals surface area (Å²) in [6.07, 6.45) is 1.66. The van der Waals surface area contributed by atoms with E-state index in [4.69, 9.17) is 16.3 Å². The summed E-state index contributed by atoms with van der Waals surface area (Å²) in [5, 5.41) is 18.6. The highest BCUT2D eigenvalue weighted by Crippen LogP contribution is 2.61. The molecule has 0 radical (unpaired) electrons. The molecule has 1 atom stereocenters. The fourth-order valence-electron chi connectivity index (χ4n) is 4.08. The maximum atomic E-state index is 13.4. The number of amides is 1.